The quantitative estimate of drug-likeness (QED) is 0.134. The van der Waals surface area contributed by atoms with E-state index in [4.69, 9.17) is 14.2 Å². The number of nitrogens with zero attached hydrogens (tertiary/aromatic N) is 3. The molecule has 10 heteroatoms. The second kappa shape index (κ2) is 16.3. The predicted molar refractivity (Wildman–Crippen MR) is 243 cm³/mol. The number of amides is 3. The van der Waals surface area contributed by atoms with E-state index in [2.05, 4.69) is 30.8 Å². The molecule has 314 valence electrons. The van der Waals surface area contributed by atoms with Gasteiger partial charge < -0.3 is 28.9 Å². The first-order valence-corrected chi connectivity index (χ1v) is 21.8. The molecule has 0 fully saturated rings. The van der Waals surface area contributed by atoms with Gasteiger partial charge in [-0.2, -0.15) is 12.6 Å². The fraction of sp³-hybridized carbons (Fsp3) is 0.353. The molecule has 0 aromatic heterocycles. The summed E-state index contributed by atoms with van der Waals surface area (Å²) < 4.78 is 18.6. The van der Waals surface area contributed by atoms with E-state index in [0.717, 1.165) is 94.7 Å². The third-order valence-electron chi connectivity index (χ3n) is 12.9. The minimum Gasteiger partial charge on any atom is -0.493 e. The zero-order valence-corrected chi connectivity index (χ0v) is 36.5. The van der Waals surface area contributed by atoms with Crippen molar-refractivity contribution in [2.75, 3.05) is 28.9 Å². The van der Waals surface area contributed by atoms with Crippen LogP contribution in [0.2, 0.25) is 0 Å². The molecule has 0 saturated carbocycles. The molecular formula is C51H53N3O6S. The Morgan fingerprint density at radius 1 is 0.721 bits per heavy atom. The highest BCUT2D eigenvalue weighted by Crippen LogP contribution is 2.42. The van der Waals surface area contributed by atoms with Crippen LogP contribution >= 0.6 is 12.6 Å². The molecule has 0 radical (unpaired) electrons. The number of anilines is 3. The SMILES string of the molecule is COc1cc2c(cc1OCc1cc(COc3cc4c(cc3C)C(=O)N3c5ccccc5C[C@H]3CC4)cc(N(C)C(=O)CCC(C)(C)S)c1)CC[C@@H]1Cc3ccccc3N1C2=O. The number of ether oxygens (including phenoxy) is 3. The number of carbonyl (C=O) groups is 3. The number of para-hydroxylation sites is 2. The third kappa shape index (κ3) is 7.98. The predicted octanol–water partition coefficient (Wildman–Crippen LogP) is 9.65. The normalized spacial score (nSPS) is 17.6. The summed E-state index contributed by atoms with van der Waals surface area (Å²) >= 11 is 4.65. The topological polar surface area (TPSA) is 88.6 Å². The van der Waals surface area contributed by atoms with Crippen molar-refractivity contribution in [3.05, 3.63) is 141 Å². The Balaban J connectivity index is 0.969. The number of methoxy groups -OCH3 is 1. The van der Waals surface area contributed by atoms with E-state index < -0.39 is 0 Å². The molecular weight excluding hydrogens is 783 g/mol. The number of benzene rings is 5. The van der Waals surface area contributed by atoms with Crippen LogP contribution in [0.1, 0.15) is 99.2 Å². The zero-order chi connectivity index (χ0) is 42.6. The first-order chi connectivity index (χ1) is 29.3. The van der Waals surface area contributed by atoms with Crippen LogP contribution in [0.5, 0.6) is 17.2 Å². The molecule has 4 aliphatic rings. The molecule has 9 rings (SSSR count). The lowest BCUT2D eigenvalue weighted by molar-refractivity contribution is -0.118. The van der Waals surface area contributed by atoms with Crippen molar-refractivity contribution >= 4 is 47.4 Å². The molecule has 9 nitrogen and oxygen atoms in total. The van der Waals surface area contributed by atoms with E-state index in [-0.39, 0.29) is 47.8 Å². The van der Waals surface area contributed by atoms with Gasteiger partial charge in [-0.15, -0.1) is 0 Å². The lowest BCUT2D eigenvalue weighted by Crippen LogP contribution is -2.36. The summed E-state index contributed by atoms with van der Waals surface area (Å²) in [6.07, 6.45) is 5.97. The molecule has 61 heavy (non-hydrogen) atoms. The maximum absolute atomic E-state index is 14.1. The van der Waals surface area contributed by atoms with E-state index >= 15 is 0 Å². The standard InChI is InChI=1S/C51H53N3O6S/c1-31-20-41-34(14-16-38-24-36-10-6-8-12-43(36)53(38)49(41)56)26-45(31)59-29-32-21-33(23-40(22-32)52(4)48(55)18-19-51(2,3)61)30-60-47-27-35-15-17-39-25-37-11-7-9-13-44(37)54(39)50(57)42(35)28-46(47)58-5/h6-13,20-23,26-28,38-39,61H,14-19,24-25,29-30H2,1-5H3/t38-,39-/m1/s1. The molecule has 4 heterocycles. The minimum absolute atomic E-state index is 0.0123. The summed E-state index contributed by atoms with van der Waals surface area (Å²) in [7, 11) is 3.39. The number of hydrogen-bond donors (Lipinski definition) is 1. The molecule has 3 amide bonds. The average molecular weight is 836 g/mol. The summed E-state index contributed by atoms with van der Waals surface area (Å²) in [4.78, 5) is 47.2. The van der Waals surface area contributed by atoms with Crippen LogP contribution in [0.15, 0.2) is 91.0 Å². The molecule has 0 saturated heterocycles. The largest absolute Gasteiger partial charge is 0.493 e. The van der Waals surface area contributed by atoms with Gasteiger partial charge >= 0.3 is 0 Å². The lowest BCUT2D eigenvalue weighted by atomic mass is 9.98. The smallest absolute Gasteiger partial charge is 0.258 e. The van der Waals surface area contributed by atoms with Crippen molar-refractivity contribution in [1.29, 1.82) is 0 Å². The van der Waals surface area contributed by atoms with Crippen molar-refractivity contribution in [3.63, 3.8) is 0 Å². The summed E-state index contributed by atoms with van der Waals surface area (Å²) in [6, 6.07) is 30.4. The van der Waals surface area contributed by atoms with Gasteiger partial charge in [-0.05, 0) is 145 Å². The Bertz CT molecular complexity index is 2560. The van der Waals surface area contributed by atoms with Crippen molar-refractivity contribution in [1.82, 2.24) is 0 Å². The first-order valence-electron chi connectivity index (χ1n) is 21.4. The van der Waals surface area contributed by atoms with E-state index in [1.54, 1.807) is 19.1 Å². The molecule has 0 N–H and O–H groups in total. The monoisotopic (exact) mass is 835 g/mol. The number of aryl methyl sites for hydroxylation is 3. The van der Waals surface area contributed by atoms with Gasteiger partial charge in [0.1, 0.15) is 19.0 Å². The number of carbonyl (C=O) groups excluding carboxylic acids is 3. The number of rotatable bonds is 11. The fourth-order valence-electron chi connectivity index (χ4n) is 9.56. The third-order valence-corrected chi connectivity index (χ3v) is 13.1. The zero-order valence-electron chi connectivity index (χ0n) is 35.6. The molecule has 5 aromatic carbocycles. The Labute approximate surface area is 364 Å². The van der Waals surface area contributed by atoms with Crippen LogP contribution in [0.3, 0.4) is 0 Å². The van der Waals surface area contributed by atoms with Gasteiger partial charge in [0, 0.05) is 58.5 Å². The van der Waals surface area contributed by atoms with Crippen LogP contribution in [-0.2, 0) is 43.7 Å². The van der Waals surface area contributed by atoms with Crippen molar-refractivity contribution in [3.8, 4) is 17.2 Å². The summed E-state index contributed by atoms with van der Waals surface area (Å²) in [5, 5.41) is 0. The molecule has 2 atom stereocenters. The average Bonchev–Trinajstić information content (AvgIpc) is 3.75. The highest BCUT2D eigenvalue weighted by molar-refractivity contribution is 7.81. The lowest BCUT2D eigenvalue weighted by Gasteiger charge is -2.23. The molecule has 0 unspecified atom stereocenters. The van der Waals surface area contributed by atoms with Gasteiger partial charge in [0.05, 0.1) is 7.11 Å². The van der Waals surface area contributed by atoms with E-state index in [1.165, 1.54) is 11.1 Å². The second-order valence-corrected chi connectivity index (χ2v) is 18.9. The van der Waals surface area contributed by atoms with E-state index in [1.807, 2.05) is 103 Å². The number of thiol groups is 1. The highest BCUT2D eigenvalue weighted by Gasteiger charge is 2.39. The van der Waals surface area contributed by atoms with Gasteiger partial charge in [-0.25, -0.2) is 0 Å². The van der Waals surface area contributed by atoms with E-state index in [9.17, 15) is 14.4 Å². The summed E-state index contributed by atoms with van der Waals surface area (Å²) in [5.41, 5.74) is 11.1. The highest BCUT2D eigenvalue weighted by atomic mass is 32.1. The molecule has 0 spiro atoms. The van der Waals surface area contributed by atoms with Crippen LogP contribution in [-0.4, -0.2) is 48.7 Å². The second-order valence-electron chi connectivity index (χ2n) is 17.7. The Kier molecular flexibility index (Phi) is 10.8. The van der Waals surface area contributed by atoms with Gasteiger partial charge in [0.25, 0.3) is 11.8 Å². The van der Waals surface area contributed by atoms with E-state index in [0.29, 0.717) is 29.9 Å². The fourth-order valence-corrected chi connectivity index (χ4v) is 9.67. The molecule has 5 aromatic rings. The molecule has 0 bridgehead atoms. The van der Waals surface area contributed by atoms with Crippen molar-refractivity contribution in [2.45, 2.75) is 102 Å². The summed E-state index contributed by atoms with van der Waals surface area (Å²) in [5.74, 6) is 1.79. The molecule has 0 aliphatic carbocycles. The van der Waals surface area contributed by atoms with Crippen molar-refractivity contribution < 1.29 is 28.6 Å². The van der Waals surface area contributed by atoms with Gasteiger partial charge in [0.2, 0.25) is 5.91 Å². The maximum Gasteiger partial charge on any atom is 0.258 e. The number of fused-ring (bicyclic) bond motifs is 8. The first kappa shape index (κ1) is 40.7. The van der Waals surface area contributed by atoms with Gasteiger partial charge in [-0.3, -0.25) is 14.4 Å². The summed E-state index contributed by atoms with van der Waals surface area (Å²) in [6.45, 7) is 6.44. The Hall–Kier alpha value is -5.74. The van der Waals surface area contributed by atoms with Crippen molar-refractivity contribution in [2.24, 2.45) is 0 Å². The maximum atomic E-state index is 14.1. The van der Waals surface area contributed by atoms with Crippen LogP contribution < -0.4 is 28.9 Å². The van der Waals surface area contributed by atoms with Crippen LogP contribution in [0.25, 0.3) is 0 Å². The Morgan fingerprint density at radius 2 is 1.25 bits per heavy atom. The minimum atomic E-state index is -0.277. The van der Waals surface area contributed by atoms with Crippen LogP contribution in [0.4, 0.5) is 17.1 Å². The van der Waals surface area contributed by atoms with Gasteiger partial charge in [0.15, 0.2) is 11.5 Å². The van der Waals surface area contributed by atoms with Crippen LogP contribution in [0, 0.1) is 6.92 Å². The molecule has 4 aliphatic heterocycles. The Morgan fingerprint density at radius 3 is 1.80 bits per heavy atom. The number of hydrogen-bond acceptors (Lipinski definition) is 7. The van der Waals surface area contributed by atoms with Gasteiger partial charge in [-0.1, -0.05) is 50.2 Å².